The molecule has 0 saturated carbocycles. The molecule has 26 heavy (non-hydrogen) atoms. The Balaban J connectivity index is 1.95. The molecule has 0 aliphatic heterocycles. The van der Waals surface area contributed by atoms with Gasteiger partial charge in [0, 0.05) is 12.6 Å². The van der Waals surface area contributed by atoms with Gasteiger partial charge in [-0.1, -0.05) is 38.1 Å². The van der Waals surface area contributed by atoms with Crippen molar-refractivity contribution in [3.8, 4) is 5.75 Å². The fraction of sp³-hybridized carbons (Fsp3) is 0.500. The average Bonchev–Trinajstić information content (AvgIpc) is 3.12. The quantitative estimate of drug-likeness (QED) is 0.526. The standard InChI is InChI=1S/C20H30N4O2/c1-5-10-25-17-9-7-8-16(11-17)13-22-20(21-6-2)23-14-18-12-19(15(3)4)24-26-18/h7-9,11-12,15H,5-6,10,13-14H2,1-4H3,(H2,21,22,23). The Bertz CT molecular complexity index is 695. The van der Waals surface area contributed by atoms with Gasteiger partial charge in [-0.2, -0.15) is 0 Å². The molecule has 0 radical (unpaired) electrons. The number of ether oxygens (including phenoxy) is 1. The highest BCUT2D eigenvalue weighted by Gasteiger charge is 2.08. The lowest BCUT2D eigenvalue weighted by molar-refractivity contribution is 0.317. The maximum atomic E-state index is 5.68. The molecule has 2 N–H and O–H groups in total. The normalized spacial score (nSPS) is 11.7. The van der Waals surface area contributed by atoms with E-state index in [1.54, 1.807) is 0 Å². The summed E-state index contributed by atoms with van der Waals surface area (Å²) in [6.07, 6.45) is 0.997. The Morgan fingerprint density at radius 3 is 2.77 bits per heavy atom. The van der Waals surface area contributed by atoms with Crippen molar-refractivity contribution in [3.63, 3.8) is 0 Å². The average molecular weight is 358 g/mol. The highest BCUT2D eigenvalue weighted by Crippen LogP contribution is 2.15. The van der Waals surface area contributed by atoms with E-state index in [-0.39, 0.29) is 0 Å². The molecule has 2 aromatic rings. The van der Waals surface area contributed by atoms with Crippen LogP contribution in [0.3, 0.4) is 0 Å². The second kappa shape index (κ2) is 10.5. The van der Waals surface area contributed by atoms with Gasteiger partial charge in [0.25, 0.3) is 0 Å². The Kier molecular flexibility index (Phi) is 7.99. The zero-order valence-electron chi connectivity index (χ0n) is 16.2. The third-order valence-electron chi connectivity index (χ3n) is 3.73. The molecule has 2 rings (SSSR count). The summed E-state index contributed by atoms with van der Waals surface area (Å²) in [6, 6.07) is 10.0. The van der Waals surface area contributed by atoms with Crippen LogP contribution in [0, 0.1) is 0 Å². The van der Waals surface area contributed by atoms with Gasteiger partial charge in [-0.15, -0.1) is 0 Å². The predicted octanol–water partition coefficient (Wildman–Crippen LogP) is 3.84. The summed E-state index contributed by atoms with van der Waals surface area (Å²) in [5.74, 6) is 2.79. The van der Waals surface area contributed by atoms with Crippen molar-refractivity contribution in [2.45, 2.75) is 53.1 Å². The van der Waals surface area contributed by atoms with Crippen molar-refractivity contribution in [2.75, 3.05) is 13.2 Å². The molecule has 1 aromatic heterocycles. The first kappa shape index (κ1) is 19.8. The van der Waals surface area contributed by atoms with Crippen molar-refractivity contribution in [1.29, 1.82) is 0 Å². The number of nitrogens with zero attached hydrogens (tertiary/aromatic N) is 2. The number of benzene rings is 1. The number of hydrogen-bond donors (Lipinski definition) is 2. The molecule has 0 unspecified atom stereocenters. The zero-order chi connectivity index (χ0) is 18.8. The Morgan fingerprint density at radius 2 is 2.08 bits per heavy atom. The van der Waals surface area contributed by atoms with E-state index in [1.807, 2.05) is 31.2 Å². The molecule has 0 amide bonds. The summed E-state index contributed by atoms with van der Waals surface area (Å²) in [6.45, 7) is 11.0. The third kappa shape index (κ3) is 6.43. The first-order valence-electron chi connectivity index (χ1n) is 9.31. The monoisotopic (exact) mass is 358 g/mol. The molecule has 0 aliphatic rings. The van der Waals surface area contributed by atoms with E-state index in [0.29, 0.717) is 19.0 Å². The minimum Gasteiger partial charge on any atom is -0.494 e. The van der Waals surface area contributed by atoms with E-state index >= 15 is 0 Å². The van der Waals surface area contributed by atoms with Crippen molar-refractivity contribution >= 4 is 5.96 Å². The van der Waals surface area contributed by atoms with Crippen LogP contribution < -0.4 is 15.4 Å². The van der Waals surface area contributed by atoms with E-state index in [1.165, 1.54) is 0 Å². The number of hydrogen-bond acceptors (Lipinski definition) is 4. The third-order valence-corrected chi connectivity index (χ3v) is 3.73. The van der Waals surface area contributed by atoms with Crippen molar-refractivity contribution < 1.29 is 9.26 Å². The van der Waals surface area contributed by atoms with Gasteiger partial charge < -0.3 is 19.9 Å². The summed E-state index contributed by atoms with van der Waals surface area (Å²) in [4.78, 5) is 4.64. The van der Waals surface area contributed by atoms with E-state index in [2.05, 4.69) is 47.6 Å². The first-order valence-corrected chi connectivity index (χ1v) is 9.31. The van der Waals surface area contributed by atoms with E-state index < -0.39 is 0 Å². The molecule has 0 aliphatic carbocycles. The fourth-order valence-corrected chi connectivity index (χ4v) is 2.32. The molecule has 1 aromatic carbocycles. The Hall–Kier alpha value is -2.50. The Morgan fingerprint density at radius 1 is 1.23 bits per heavy atom. The fourth-order valence-electron chi connectivity index (χ4n) is 2.32. The molecular formula is C20H30N4O2. The van der Waals surface area contributed by atoms with Gasteiger partial charge in [-0.25, -0.2) is 4.99 Å². The van der Waals surface area contributed by atoms with Gasteiger partial charge in [-0.05, 0) is 37.0 Å². The second-order valence-corrected chi connectivity index (χ2v) is 6.42. The molecular weight excluding hydrogens is 328 g/mol. The maximum Gasteiger partial charge on any atom is 0.191 e. The summed E-state index contributed by atoms with van der Waals surface area (Å²) < 4.78 is 11.0. The highest BCUT2D eigenvalue weighted by atomic mass is 16.5. The zero-order valence-corrected chi connectivity index (χ0v) is 16.2. The minimum absolute atomic E-state index is 0.358. The number of guanidine groups is 1. The molecule has 0 bridgehead atoms. The smallest absolute Gasteiger partial charge is 0.191 e. The molecule has 0 fully saturated rings. The van der Waals surface area contributed by atoms with Crippen molar-refractivity contribution in [3.05, 3.63) is 47.3 Å². The van der Waals surface area contributed by atoms with Crippen LogP contribution in [0.25, 0.3) is 0 Å². The highest BCUT2D eigenvalue weighted by molar-refractivity contribution is 5.79. The number of nitrogens with one attached hydrogen (secondary N) is 2. The van der Waals surface area contributed by atoms with Crippen molar-refractivity contribution in [1.82, 2.24) is 15.8 Å². The first-order chi connectivity index (χ1) is 12.6. The van der Waals surface area contributed by atoms with Crippen molar-refractivity contribution in [2.24, 2.45) is 4.99 Å². The number of aromatic nitrogens is 1. The number of aliphatic imine (C=N–C) groups is 1. The maximum absolute atomic E-state index is 5.68. The molecule has 1 heterocycles. The predicted molar refractivity (Wildman–Crippen MR) is 104 cm³/mol. The van der Waals surface area contributed by atoms with Crippen LogP contribution in [-0.4, -0.2) is 24.3 Å². The van der Waals surface area contributed by atoms with Crippen LogP contribution in [-0.2, 0) is 13.1 Å². The topological polar surface area (TPSA) is 71.7 Å². The van der Waals surface area contributed by atoms with Gasteiger partial charge in [0.05, 0.1) is 25.4 Å². The van der Waals surface area contributed by atoms with Gasteiger partial charge in [-0.3, -0.25) is 0 Å². The molecule has 142 valence electrons. The number of rotatable bonds is 9. The lowest BCUT2D eigenvalue weighted by atomic mass is 10.1. The summed E-state index contributed by atoms with van der Waals surface area (Å²) in [5.41, 5.74) is 2.07. The van der Waals surface area contributed by atoms with Crippen LogP contribution in [0.15, 0.2) is 39.8 Å². The molecule has 0 spiro atoms. The van der Waals surface area contributed by atoms with E-state index in [4.69, 9.17) is 9.26 Å². The molecule has 0 atom stereocenters. The molecule has 6 heteroatoms. The van der Waals surface area contributed by atoms with Crippen LogP contribution in [0.2, 0.25) is 0 Å². The summed E-state index contributed by atoms with van der Waals surface area (Å²) in [7, 11) is 0. The van der Waals surface area contributed by atoms with Gasteiger partial charge >= 0.3 is 0 Å². The molecule has 0 saturated heterocycles. The van der Waals surface area contributed by atoms with E-state index in [9.17, 15) is 0 Å². The second-order valence-electron chi connectivity index (χ2n) is 6.42. The van der Waals surface area contributed by atoms with Crippen LogP contribution in [0.4, 0.5) is 0 Å². The SMILES string of the molecule is CCCOc1cccc(CN=C(NCC)NCc2cc(C(C)C)no2)c1. The largest absolute Gasteiger partial charge is 0.494 e. The minimum atomic E-state index is 0.358. The molecule has 6 nitrogen and oxygen atoms in total. The lowest BCUT2D eigenvalue weighted by Gasteiger charge is -2.10. The van der Waals surface area contributed by atoms with Crippen LogP contribution in [0.1, 0.15) is 57.1 Å². The van der Waals surface area contributed by atoms with Crippen LogP contribution >= 0.6 is 0 Å². The van der Waals surface area contributed by atoms with Gasteiger partial charge in [0.2, 0.25) is 0 Å². The van der Waals surface area contributed by atoms with E-state index in [0.717, 1.165) is 48.3 Å². The van der Waals surface area contributed by atoms with Gasteiger partial charge in [0.15, 0.2) is 11.7 Å². The van der Waals surface area contributed by atoms with Gasteiger partial charge in [0.1, 0.15) is 5.75 Å². The summed E-state index contributed by atoms with van der Waals surface area (Å²) >= 11 is 0. The van der Waals surface area contributed by atoms with Crippen LogP contribution in [0.5, 0.6) is 5.75 Å². The Labute approximate surface area is 156 Å². The lowest BCUT2D eigenvalue weighted by Crippen LogP contribution is -2.36. The summed E-state index contributed by atoms with van der Waals surface area (Å²) in [5, 5.41) is 10.6.